The Morgan fingerprint density at radius 3 is 2.57 bits per heavy atom. The highest BCUT2D eigenvalue weighted by Crippen LogP contribution is 1.99. The van der Waals surface area contributed by atoms with Gasteiger partial charge in [-0.25, -0.2) is 0 Å². The van der Waals surface area contributed by atoms with Crippen molar-refractivity contribution in [3.8, 4) is 0 Å². The van der Waals surface area contributed by atoms with Crippen molar-refractivity contribution in [1.29, 1.82) is 0 Å². The van der Waals surface area contributed by atoms with Crippen molar-refractivity contribution in [2.45, 2.75) is 20.4 Å². The summed E-state index contributed by atoms with van der Waals surface area (Å²) >= 11 is 0. The van der Waals surface area contributed by atoms with E-state index in [2.05, 4.69) is 17.4 Å². The molecule has 0 fully saturated rings. The molecule has 1 unspecified atom stereocenters. The second-order valence-electron chi connectivity index (χ2n) is 3.63. The number of carbonyl (C=O) groups is 1. The van der Waals surface area contributed by atoms with E-state index in [9.17, 15) is 4.79 Å². The quantitative estimate of drug-likeness (QED) is 0.771. The summed E-state index contributed by atoms with van der Waals surface area (Å²) in [7, 11) is 0. The molecule has 1 atom stereocenters. The Morgan fingerprint density at radius 1 is 1.36 bits per heavy atom. The number of nitrogens with one attached hydrogen (secondary N) is 1. The molecule has 1 aromatic rings. The maximum Gasteiger partial charge on any atom is 0.133 e. The Morgan fingerprint density at radius 2 is 2.00 bits per heavy atom. The second kappa shape index (κ2) is 5.55. The summed E-state index contributed by atoms with van der Waals surface area (Å²) in [5.41, 5.74) is 1.25. The van der Waals surface area contributed by atoms with E-state index in [0.29, 0.717) is 0 Å². The molecule has 1 aromatic carbocycles. The van der Waals surface area contributed by atoms with Gasteiger partial charge in [0.15, 0.2) is 0 Å². The summed E-state index contributed by atoms with van der Waals surface area (Å²) in [6, 6.07) is 10.2. The van der Waals surface area contributed by atoms with Crippen LogP contribution in [0.15, 0.2) is 30.3 Å². The van der Waals surface area contributed by atoms with Crippen molar-refractivity contribution in [2.24, 2.45) is 5.92 Å². The van der Waals surface area contributed by atoms with Crippen molar-refractivity contribution < 1.29 is 4.79 Å². The number of hydrogen-bond donors (Lipinski definition) is 1. The van der Waals surface area contributed by atoms with Crippen LogP contribution in [0.5, 0.6) is 0 Å². The minimum atomic E-state index is 0.110. The normalized spacial score (nSPS) is 12.4. The van der Waals surface area contributed by atoms with Crippen LogP contribution >= 0.6 is 0 Å². The maximum atomic E-state index is 10.9. The van der Waals surface area contributed by atoms with Crippen molar-refractivity contribution in [2.75, 3.05) is 6.54 Å². The SMILES string of the molecule is CC(=O)C(C)CNCc1ccccc1. The predicted molar refractivity (Wildman–Crippen MR) is 58.0 cm³/mol. The zero-order chi connectivity index (χ0) is 10.4. The summed E-state index contributed by atoms with van der Waals surface area (Å²) < 4.78 is 0. The molecular weight excluding hydrogens is 174 g/mol. The molecule has 0 aliphatic rings. The first kappa shape index (κ1) is 10.9. The number of benzene rings is 1. The molecule has 0 bridgehead atoms. The Bertz CT molecular complexity index is 282. The highest BCUT2D eigenvalue weighted by molar-refractivity contribution is 5.78. The average molecular weight is 191 g/mol. The lowest BCUT2D eigenvalue weighted by Gasteiger charge is -2.08. The van der Waals surface area contributed by atoms with Gasteiger partial charge in [0.1, 0.15) is 5.78 Å². The molecule has 0 saturated carbocycles. The molecular formula is C12H17NO. The topological polar surface area (TPSA) is 29.1 Å². The third-order valence-electron chi connectivity index (χ3n) is 2.32. The van der Waals surface area contributed by atoms with Gasteiger partial charge in [-0.2, -0.15) is 0 Å². The highest BCUT2D eigenvalue weighted by Gasteiger charge is 2.05. The van der Waals surface area contributed by atoms with Gasteiger partial charge in [0, 0.05) is 19.0 Å². The van der Waals surface area contributed by atoms with Crippen LogP contribution in [0.4, 0.5) is 0 Å². The van der Waals surface area contributed by atoms with Crippen LogP contribution in [0.3, 0.4) is 0 Å². The Kier molecular flexibility index (Phi) is 4.33. The molecule has 0 aromatic heterocycles. The minimum absolute atomic E-state index is 0.110. The molecule has 1 rings (SSSR count). The molecule has 0 aliphatic carbocycles. The Labute approximate surface area is 85.3 Å². The van der Waals surface area contributed by atoms with Crippen molar-refractivity contribution >= 4 is 5.78 Å². The van der Waals surface area contributed by atoms with E-state index in [-0.39, 0.29) is 11.7 Å². The summed E-state index contributed by atoms with van der Waals surface area (Å²) in [6.45, 7) is 5.16. The van der Waals surface area contributed by atoms with E-state index in [1.807, 2.05) is 25.1 Å². The minimum Gasteiger partial charge on any atom is -0.312 e. The van der Waals surface area contributed by atoms with E-state index >= 15 is 0 Å². The summed E-state index contributed by atoms with van der Waals surface area (Å²) in [5, 5.41) is 3.26. The lowest BCUT2D eigenvalue weighted by molar-refractivity contribution is -0.120. The van der Waals surface area contributed by atoms with E-state index in [0.717, 1.165) is 13.1 Å². The van der Waals surface area contributed by atoms with Gasteiger partial charge in [0.05, 0.1) is 0 Å². The summed E-state index contributed by atoms with van der Waals surface area (Å²) in [5.74, 6) is 0.351. The maximum absolute atomic E-state index is 10.9. The molecule has 0 saturated heterocycles. The molecule has 0 radical (unpaired) electrons. The van der Waals surface area contributed by atoms with Crippen LogP contribution in [0.2, 0.25) is 0 Å². The lowest BCUT2D eigenvalue weighted by Crippen LogP contribution is -2.24. The average Bonchev–Trinajstić information content (AvgIpc) is 2.19. The number of Topliss-reactive ketones (excluding diaryl/α,β-unsaturated/α-hetero) is 1. The molecule has 1 N–H and O–H groups in total. The Hall–Kier alpha value is -1.15. The molecule has 2 nitrogen and oxygen atoms in total. The standard InChI is InChI=1S/C12H17NO/c1-10(11(2)14)8-13-9-12-6-4-3-5-7-12/h3-7,10,13H,8-9H2,1-2H3. The monoisotopic (exact) mass is 191 g/mol. The van der Waals surface area contributed by atoms with Gasteiger partial charge in [0.2, 0.25) is 0 Å². The van der Waals surface area contributed by atoms with Crippen LogP contribution in [0, 0.1) is 5.92 Å². The van der Waals surface area contributed by atoms with E-state index < -0.39 is 0 Å². The van der Waals surface area contributed by atoms with Crippen LogP contribution < -0.4 is 5.32 Å². The highest BCUT2D eigenvalue weighted by atomic mass is 16.1. The van der Waals surface area contributed by atoms with E-state index in [1.54, 1.807) is 6.92 Å². The van der Waals surface area contributed by atoms with Gasteiger partial charge in [-0.05, 0) is 12.5 Å². The van der Waals surface area contributed by atoms with Gasteiger partial charge in [-0.3, -0.25) is 4.79 Å². The first-order valence-corrected chi connectivity index (χ1v) is 4.95. The van der Waals surface area contributed by atoms with E-state index in [1.165, 1.54) is 5.56 Å². The number of hydrogen-bond acceptors (Lipinski definition) is 2. The Balaban J connectivity index is 2.26. The second-order valence-corrected chi connectivity index (χ2v) is 3.63. The fraction of sp³-hybridized carbons (Fsp3) is 0.417. The van der Waals surface area contributed by atoms with E-state index in [4.69, 9.17) is 0 Å². The zero-order valence-corrected chi connectivity index (χ0v) is 8.79. The number of rotatable bonds is 5. The largest absolute Gasteiger partial charge is 0.312 e. The van der Waals surface area contributed by atoms with Crippen molar-refractivity contribution in [3.63, 3.8) is 0 Å². The van der Waals surface area contributed by atoms with Gasteiger partial charge in [-0.15, -0.1) is 0 Å². The first-order valence-electron chi connectivity index (χ1n) is 4.95. The number of carbonyl (C=O) groups excluding carboxylic acids is 1. The molecule has 2 heteroatoms. The van der Waals surface area contributed by atoms with Crippen molar-refractivity contribution in [3.05, 3.63) is 35.9 Å². The van der Waals surface area contributed by atoms with Crippen LogP contribution in [0.1, 0.15) is 19.4 Å². The van der Waals surface area contributed by atoms with Gasteiger partial charge < -0.3 is 5.32 Å². The molecule has 14 heavy (non-hydrogen) atoms. The predicted octanol–water partition coefficient (Wildman–Crippen LogP) is 2.00. The third-order valence-corrected chi connectivity index (χ3v) is 2.32. The van der Waals surface area contributed by atoms with Crippen LogP contribution in [-0.4, -0.2) is 12.3 Å². The van der Waals surface area contributed by atoms with Gasteiger partial charge in [-0.1, -0.05) is 37.3 Å². The first-order chi connectivity index (χ1) is 6.70. The third kappa shape index (κ3) is 3.71. The van der Waals surface area contributed by atoms with Gasteiger partial charge in [0.25, 0.3) is 0 Å². The molecule has 76 valence electrons. The fourth-order valence-electron chi connectivity index (χ4n) is 1.17. The van der Waals surface area contributed by atoms with Gasteiger partial charge >= 0.3 is 0 Å². The lowest BCUT2D eigenvalue weighted by atomic mass is 10.1. The van der Waals surface area contributed by atoms with Crippen LogP contribution in [-0.2, 0) is 11.3 Å². The van der Waals surface area contributed by atoms with Crippen molar-refractivity contribution in [1.82, 2.24) is 5.32 Å². The summed E-state index contributed by atoms with van der Waals surface area (Å²) in [6.07, 6.45) is 0. The fourth-order valence-corrected chi connectivity index (χ4v) is 1.17. The smallest absolute Gasteiger partial charge is 0.133 e. The zero-order valence-electron chi connectivity index (χ0n) is 8.79. The molecule has 0 spiro atoms. The molecule has 0 amide bonds. The summed E-state index contributed by atoms with van der Waals surface area (Å²) in [4.78, 5) is 10.9. The molecule has 0 heterocycles. The number of ketones is 1. The molecule has 0 aliphatic heterocycles. The van der Waals surface area contributed by atoms with Crippen LogP contribution in [0.25, 0.3) is 0 Å².